The molecule has 0 spiro atoms. The van der Waals surface area contributed by atoms with Crippen LogP contribution >= 0.6 is 0 Å². The van der Waals surface area contributed by atoms with Gasteiger partial charge in [0, 0.05) is 50.1 Å². The van der Waals surface area contributed by atoms with Crippen LogP contribution in [0.25, 0.3) is 0 Å². The number of nitrogens with zero attached hydrogens (tertiary/aromatic N) is 3. The number of piperazine rings is 1. The van der Waals surface area contributed by atoms with Gasteiger partial charge in [0.25, 0.3) is 5.91 Å². The molecule has 3 N–H and O–H groups in total. The average Bonchev–Trinajstić information content (AvgIpc) is 3.74. The van der Waals surface area contributed by atoms with Crippen molar-refractivity contribution in [3.8, 4) is 0 Å². The zero-order valence-corrected chi connectivity index (χ0v) is 20.0. The predicted molar refractivity (Wildman–Crippen MR) is 131 cm³/mol. The molecule has 1 aliphatic heterocycles. The Morgan fingerprint density at radius 1 is 1.14 bits per heavy atom. The lowest BCUT2D eigenvalue weighted by Gasteiger charge is -2.36. The van der Waals surface area contributed by atoms with Gasteiger partial charge in [-0.15, -0.1) is 0 Å². The number of methoxy groups -OCH3 is 1. The molecule has 1 atom stereocenters. The Balaban J connectivity index is 1.55. The molecule has 1 saturated heterocycles. The number of aromatic nitrogens is 1. The molecule has 190 valence electrons. The standard InChI is InChI=1S/C25H29N5O6/c1-36-25(35)30-11-9-29(10-12-30)21-7-6-17(13-20(21)28-23(33)16-4-5-16)24(34)27-19(14-22(31)32)18-3-2-8-26-15-18/h2-3,6-8,13,15-16,19H,4-5,9-12,14H2,1H3,(H,27,34)(H,28,33)(H,31,32). The summed E-state index contributed by atoms with van der Waals surface area (Å²) in [6.07, 6.45) is 4.08. The minimum absolute atomic E-state index is 0.0305. The zero-order valence-electron chi connectivity index (χ0n) is 20.0. The third-order valence-corrected chi connectivity index (χ3v) is 6.29. The first kappa shape index (κ1) is 25.0. The normalized spacial score (nSPS) is 16.1. The fourth-order valence-corrected chi connectivity index (χ4v) is 4.14. The smallest absolute Gasteiger partial charge is 0.409 e. The summed E-state index contributed by atoms with van der Waals surface area (Å²) in [5, 5.41) is 15.1. The van der Waals surface area contributed by atoms with E-state index in [4.69, 9.17) is 4.74 Å². The summed E-state index contributed by atoms with van der Waals surface area (Å²) in [4.78, 5) is 56.6. The Bertz CT molecular complexity index is 1130. The Morgan fingerprint density at radius 3 is 2.50 bits per heavy atom. The molecule has 36 heavy (non-hydrogen) atoms. The van der Waals surface area contributed by atoms with Crippen LogP contribution in [0.3, 0.4) is 0 Å². The van der Waals surface area contributed by atoms with E-state index in [1.807, 2.05) is 4.90 Å². The highest BCUT2D eigenvalue weighted by Crippen LogP contribution is 2.34. The maximum Gasteiger partial charge on any atom is 0.409 e. The molecule has 1 aliphatic carbocycles. The van der Waals surface area contributed by atoms with E-state index in [9.17, 15) is 24.3 Å². The number of nitrogens with one attached hydrogen (secondary N) is 2. The number of pyridine rings is 1. The molecule has 0 bridgehead atoms. The highest BCUT2D eigenvalue weighted by Gasteiger charge is 2.31. The second-order valence-electron chi connectivity index (χ2n) is 8.85. The average molecular weight is 496 g/mol. The highest BCUT2D eigenvalue weighted by atomic mass is 16.5. The second kappa shape index (κ2) is 11.1. The summed E-state index contributed by atoms with van der Waals surface area (Å²) >= 11 is 0. The van der Waals surface area contributed by atoms with Gasteiger partial charge in [-0.2, -0.15) is 0 Å². The van der Waals surface area contributed by atoms with Crippen molar-refractivity contribution in [1.82, 2.24) is 15.2 Å². The van der Waals surface area contributed by atoms with Crippen LogP contribution in [0.1, 0.15) is 41.2 Å². The van der Waals surface area contributed by atoms with E-state index in [2.05, 4.69) is 15.6 Å². The van der Waals surface area contributed by atoms with Crippen molar-refractivity contribution in [2.45, 2.75) is 25.3 Å². The van der Waals surface area contributed by atoms with Crippen molar-refractivity contribution in [1.29, 1.82) is 0 Å². The summed E-state index contributed by atoms with van der Waals surface area (Å²) in [6, 6.07) is 7.64. The number of carboxylic acids is 1. The molecule has 1 aromatic carbocycles. The lowest BCUT2D eigenvalue weighted by atomic mass is 10.0. The van der Waals surface area contributed by atoms with E-state index in [0.29, 0.717) is 37.4 Å². The summed E-state index contributed by atoms with van der Waals surface area (Å²) in [5.41, 5.74) is 2.12. The van der Waals surface area contributed by atoms with Crippen molar-refractivity contribution >= 4 is 35.3 Å². The van der Waals surface area contributed by atoms with Crippen molar-refractivity contribution in [2.24, 2.45) is 5.92 Å². The molecule has 3 amide bonds. The molecule has 2 heterocycles. The van der Waals surface area contributed by atoms with Gasteiger partial charge >= 0.3 is 12.1 Å². The van der Waals surface area contributed by atoms with Crippen molar-refractivity contribution in [3.63, 3.8) is 0 Å². The molecular weight excluding hydrogens is 466 g/mol. The molecule has 2 aromatic rings. The number of anilines is 2. The number of carboxylic acid groups (broad SMARTS) is 1. The quantitative estimate of drug-likeness (QED) is 0.506. The minimum Gasteiger partial charge on any atom is -0.481 e. The highest BCUT2D eigenvalue weighted by molar-refractivity contribution is 6.01. The Kier molecular flexibility index (Phi) is 7.67. The first-order valence-electron chi connectivity index (χ1n) is 11.8. The second-order valence-corrected chi connectivity index (χ2v) is 8.85. The van der Waals surface area contributed by atoms with Gasteiger partial charge in [0.15, 0.2) is 0 Å². The third kappa shape index (κ3) is 6.09. The zero-order chi connectivity index (χ0) is 25.7. The van der Waals surface area contributed by atoms with Crippen LogP contribution in [-0.4, -0.2) is 72.2 Å². The molecule has 0 radical (unpaired) electrons. The molecule has 11 nitrogen and oxygen atoms in total. The van der Waals surface area contributed by atoms with Crippen molar-refractivity contribution in [3.05, 3.63) is 53.9 Å². The molecule has 4 rings (SSSR count). The number of amides is 3. The number of carbonyl (C=O) groups excluding carboxylic acids is 3. The van der Waals surface area contributed by atoms with Gasteiger partial charge in [-0.25, -0.2) is 4.79 Å². The van der Waals surface area contributed by atoms with Gasteiger partial charge in [-0.1, -0.05) is 6.07 Å². The van der Waals surface area contributed by atoms with Gasteiger partial charge in [0.2, 0.25) is 5.91 Å². The Morgan fingerprint density at radius 2 is 1.89 bits per heavy atom. The Hall–Kier alpha value is -4.15. The molecule has 2 fully saturated rings. The van der Waals surface area contributed by atoms with E-state index in [0.717, 1.165) is 18.5 Å². The molecule has 1 unspecified atom stereocenters. The topological polar surface area (TPSA) is 141 Å². The molecule has 1 aromatic heterocycles. The molecule has 2 aliphatic rings. The van der Waals surface area contributed by atoms with Crippen LogP contribution < -0.4 is 15.5 Å². The summed E-state index contributed by atoms with van der Waals surface area (Å²) < 4.78 is 4.80. The van der Waals surface area contributed by atoms with Crippen LogP contribution in [-0.2, 0) is 14.3 Å². The number of benzene rings is 1. The van der Waals surface area contributed by atoms with Crippen LogP contribution in [0.4, 0.5) is 16.2 Å². The number of ether oxygens (including phenoxy) is 1. The largest absolute Gasteiger partial charge is 0.481 e. The van der Waals surface area contributed by atoms with E-state index < -0.39 is 17.9 Å². The third-order valence-electron chi connectivity index (χ3n) is 6.29. The predicted octanol–water partition coefficient (Wildman–Crippen LogP) is 2.26. The maximum atomic E-state index is 13.1. The SMILES string of the molecule is COC(=O)N1CCN(c2ccc(C(=O)NC(CC(=O)O)c3cccnc3)cc2NC(=O)C2CC2)CC1. The first-order valence-corrected chi connectivity index (χ1v) is 11.8. The lowest BCUT2D eigenvalue weighted by molar-refractivity contribution is -0.137. The van der Waals surface area contributed by atoms with E-state index in [1.54, 1.807) is 41.4 Å². The number of carbonyl (C=O) groups is 4. The number of aliphatic carboxylic acids is 1. The summed E-state index contributed by atoms with van der Waals surface area (Å²) in [7, 11) is 1.35. The first-order chi connectivity index (χ1) is 17.4. The van der Waals surface area contributed by atoms with Crippen molar-refractivity contribution in [2.75, 3.05) is 43.5 Å². The minimum atomic E-state index is -1.05. The lowest BCUT2D eigenvalue weighted by Crippen LogP contribution is -2.49. The monoisotopic (exact) mass is 495 g/mol. The number of hydrogen-bond acceptors (Lipinski definition) is 7. The maximum absolute atomic E-state index is 13.1. The molecular formula is C25H29N5O6. The summed E-state index contributed by atoms with van der Waals surface area (Å²) in [5.74, 6) is -1.64. The fraction of sp³-hybridized carbons (Fsp3) is 0.400. The van der Waals surface area contributed by atoms with Gasteiger partial charge in [-0.05, 0) is 42.7 Å². The number of hydrogen-bond donors (Lipinski definition) is 3. The van der Waals surface area contributed by atoms with Crippen LogP contribution in [0.2, 0.25) is 0 Å². The van der Waals surface area contributed by atoms with E-state index in [1.165, 1.54) is 13.3 Å². The van der Waals surface area contributed by atoms with Crippen molar-refractivity contribution < 1.29 is 29.0 Å². The molecule has 1 saturated carbocycles. The van der Waals surface area contributed by atoms with Gasteiger partial charge < -0.3 is 30.3 Å². The van der Waals surface area contributed by atoms with Crippen LogP contribution in [0.15, 0.2) is 42.7 Å². The summed E-state index contributed by atoms with van der Waals surface area (Å²) in [6.45, 7) is 2.00. The van der Waals surface area contributed by atoms with E-state index in [-0.39, 0.29) is 29.9 Å². The fourth-order valence-electron chi connectivity index (χ4n) is 4.14. The van der Waals surface area contributed by atoms with Crippen LogP contribution in [0, 0.1) is 5.92 Å². The van der Waals surface area contributed by atoms with Gasteiger partial charge in [0.1, 0.15) is 0 Å². The van der Waals surface area contributed by atoms with E-state index >= 15 is 0 Å². The van der Waals surface area contributed by atoms with Gasteiger partial charge in [0.05, 0.1) is 30.9 Å². The number of rotatable bonds is 8. The van der Waals surface area contributed by atoms with Gasteiger partial charge in [-0.3, -0.25) is 19.4 Å². The van der Waals surface area contributed by atoms with Crippen LogP contribution in [0.5, 0.6) is 0 Å². The molecule has 11 heteroatoms. The Labute approximate surface area is 208 Å².